The van der Waals surface area contributed by atoms with E-state index < -0.39 is 0 Å². The molecule has 1 atom stereocenters. The molecule has 3 heterocycles. The lowest BCUT2D eigenvalue weighted by atomic mass is 9.95. The van der Waals surface area contributed by atoms with E-state index in [-0.39, 0.29) is 36.5 Å². The van der Waals surface area contributed by atoms with Gasteiger partial charge in [0.2, 0.25) is 11.8 Å². The van der Waals surface area contributed by atoms with Gasteiger partial charge >= 0.3 is 0 Å². The Kier molecular flexibility index (Phi) is 5.60. The Morgan fingerprint density at radius 2 is 2.17 bits per heavy atom. The number of benzene rings is 1. The van der Waals surface area contributed by atoms with Crippen molar-refractivity contribution in [1.82, 2.24) is 24.8 Å². The van der Waals surface area contributed by atoms with Crippen LogP contribution in [-0.2, 0) is 22.7 Å². The van der Waals surface area contributed by atoms with Gasteiger partial charge in [0, 0.05) is 50.8 Å². The molecular formula is C21H23FN6O2. The Labute approximate surface area is 173 Å². The van der Waals surface area contributed by atoms with Crippen LogP contribution in [0.4, 0.5) is 10.2 Å². The lowest BCUT2D eigenvalue weighted by molar-refractivity contribution is -0.139. The number of hydrogen-bond donors (Lipinski definition) is 2. The SMILES string of the molecule is CN1CCC(C(=O)NCc2ccc(CNc3ncnn4cccc34)cc2F)CC1=O. The van der Waals surface area contributed by atoms with E-state index in [2.05, 4.69) is 20.7 Å². The van der Waals surface area contributed by atoms with E-state index >= 15 is 0 Å². The molecule has 2 N–H and O–H groups in total. The van der Waals surface area contributed by atoms with Crippen molar-refractivity contribution in [2.75, 3.05) is 18.9 Å². The van der Waals surface area contributed by atoms with E-state index in [1.165, 1.54) is 12.4 Å². The molecule has 0 spiro atoms. The first-order valence-electron chi connectivity index (χ1n) is 9.82. The minimum absolute atomic E-state index is 0.0365. The summed E-state index contributed by atoms with van der Waals surface area (Å²) in [7, 11) is 1.73. The second-order valence-electron chi connectivity index (χ2n) is 7.45. The molecule has 0 radical (unpaired) electrons. The highest BCUT2D eigenvalue weighted by Crippen LogP contribution is 2.19. The highest BCUT2D eigenvalue weighted by atomic mass is 19.1. The van der Waals surface area contributed by atoms with Gasteiger partial charge in [0.05, 0.1) is 0 Å². The third-order valence-corrected chi connectivity index (χ3v) is 5.39. The molecule has 2 aromatic heterocycles. The quantitative estimate of drug-likeness (QED) is 0.648. The Morgan fingerprint density at radius 1 is 1.30 bits per heavy atom. The minimum Gasteiger partial charge on any atom is -0.364 e. The van der Waals surface area contributed by atoms with Gasteiger partial charge in [0.15, 0.2) is 5.82 Å². The smallest absolute Gasteiger partial charge is 0.223 e. The molecule has 9 heteroatoms. The van der Waals surface area contributed by atoms with Crippen LogP contribution in [0.3, 0.4) is 0 Å². The molecule has 3 aromatic rings. The van der Waals surface area contributed by atoms with Crippen LogP contribution in [0, 0.1) is 11.7 Å². The second kappa shape index (κ2) is 8.48. The third kappa shape index (κ3) is 4.24. The fourth-order valence-corrected chi connectivity index (χ4v) is 3.53. The van der Waals surface area contributed by atoms with Crippen molar-refractivity contribution >= 4 is 23.1 Å². The molecule has 0 saturated carbocycles. The summed E-state index contributed by atoms with van der Waals surface area (Å²) in [4.78, 5) is 29.9. The summed E-state index contributed by atoms with van der Waals surface area (Å²) in [6, 6.07) is 8.70. The average molecular weight is 410 g/mol. The fourth-order valence-electron chi connectivity index (χ4n) is 3.53. The van der Waals surface area contributed by atoms with Gasteiger partial charge in [0.25, 0.3) is 0 Å². The predicted octanol–water partition coefficient (Wildman–Crippen LogP) is 1.97. The van der Waals surface area contributed by atoms with E-state index in [4.69, 9.17) is 0 Å². The van der Waals surface area contributed by atoms with E-state index in [1.54, 1.807) is 22.5 Å². The molecule has 0 bridgehead atoms. The van der Waals surface area contributed by atoms with Gasteiger partial charge in [-0.15, -0.1) is 0 Å². The molecule has 1 aliphatic heterocycles. The number of halogens is 1. The summed E-state index contributed by atoms with van der Waals surface area (Å²) in [5.74, 6) is -0.310. The van der Waals surface area contributed by atoms with E-state index in [1.807, 2.05) is 24.4 Å². The molecule has 2 amide bonds. The maximum absolute atomic E-state index is 14.5. The number of rotatable bonds is 6. The largest absolute Gasteiger partial charge is 0.364 e. The normalized spacial score (nSPS) is 16.7. The predicted molar refractivity (Wildman–Crippen MR) is 109 cm³/mol. The van der Waals surface area contributed by atoms with Crippen molar-refractivity contribution in [2.24, 2.45) is 5.92 Å². The van der Waals surface area contributed by atoms with Crippen LogP contribution in [0.2, 0.25) is 0 Å². The Balaban J connectivity index is 1.33. The number of amides is 2. The summed E-state index contributed by atoms with van der Waals surface area (Å²) in [6.45, 7) is 1.06. The van der Waals surface area contributed by atoms with Crippen LogP contribution in [0.15, 0.2) is 42.9 Å². The van der Waals surface area contributed by atoms with Crippen molar-refractivity contribution in [1.29, 1.82) is 0 Å². The number of nitrogens with zero attached hydrogens (tertiary/aromatic N) is 4. The van der Waals surface area contributed by atoms with Gasteiger partial charge in [-0.2, -0.15) is 5.10 Å². The first kappa shape index (κ1) is 19.8. The molecule has 8 nitrogen and oxygen atoms in total. The Morgan fingerprint density at radius 3 is 2.97 bits per heavy atom. The lowest BCUT2D eigenvalue weighted by Gasteiger charge is -2.27. The van der Waals surface area contributed by atoms with Crippen LogP contribution in [0.25, 0.3) is 5.52 Å². The number of nitrogens with one attached hydrogen (secondary N) is 2. The van der Waals surface area contributed by atoms with Gasteiger partial charge in [0.1, 0.15) is 17.7 Å². The van der Waals surface area contributed by atoms with Gasteiger partial charge in [-0.05, 0) is 30.2 Å². The summed E-state index contributed by atoms with van der Waals surface area (Å²) in [5.41, 5.74) is 2.00. The third-order valence-electron chi connectivity index (χ3n) is 5.39. The number of carbonyl (C=O) groups excluding carboxylic acids is 2. The second-order valence-corrected chi connectivity index (χ2v) is 7.45. The minimum atomic E-state index is -0.385. The number of likely N-dealkylation sites (tertiary alicyclic amines) is 1. The molecule has 156 valence electrons. The van der Waals surface area contributed by atoms with Crippen LogP contribution >= 0.6 is 0 Å². The average Bonchev–Trinajstić information content (AvgIpc) is 3.23. The number of anilines is 1. The molecular weight excluding hydrogens is 387 g/mol. The van der Waals surface area contributed by atoms with Gasteiger partial charge < -0.3 is 15.5 Å². The fraction of sp³-hybridized carbons (Fsp3) is 0.333. The summed E-state index contributed by atoms with van der Waals surface area (Å²) >= 11 is 0. The summed E-state index contributed by atoms with van der Waals surface area (Å²) in [5, 5.41) is 10.1. The van der Waals surface area contributed by atoms with Gasteiger partial charge in [-0.25, -0.2) is 13.9 Å². The number of aromatic nitrogens is 3. The first-order chi connectivity index (χ1) is 14.5. The molecule has 1 aromatic carbocycles. The molecule has 30 heavy (non-hydrogen) atoms. The van der Waals surface area contributed by atoms with Gasteiger partial charge in [-0.1, -0.05) is 12.1 Å². The van der Waals surface area contributed by atoms with Crippen LogP contribution < -0.4 is 10.6 Å². The molecule has 1 aliphatic rings. The Hall–Kier alpha value is -3.49. The van der Waals surface area contributed by atoms with Gasteiger partial charge in [-0.3, -0.25) is 9.59 Å². The van der Waals surface area contributed by atoms with Crippen LogP contribution in [0.5, 0.6) is 0 Å². The number of fused-ring (bicyclic) bond motifs is 1. The topological polar surface area (TPSA) is 91.6 Å². The summed E-state index contributed by atoms with van der Waals surface area (Å²) < 4.78 is 16.2. The van der Waals surface area contributed by atoms with Crippen molar-refractivity contribution in [3.05, 3.63) is 59.8 Å². The zero-order valence-corrected chi connectivity index (χ0v) is 16.6. The standard InChI is InChI=1S/C21H23FN6O2/c1-27-8-6-15(10-19(27)29)21(30)24-12-16-5-4-14(9-17(16)22)11-23-20-18-3-2-7-28(18)26-13-25-20/h2-5,7,9,13,15H,6,8,10-12H2,1H3,(H,24,30)(H,23,25,26). The highest BCUT2D eigenvalue weighted by Gasteiger charge is 2.28. The van der Waals surface area contributed by atoms with Crippen LogP contribution in [0.1, 0.15) is 24.0 Å². The maximum atomic E-state index is 14.5. The maximum Gasteiger partial charge on any atom is 0.223 e. The van der Waals surface area contributed by atoms with E-state index in [0.717, 1.165) is 11.1 Å². The van der Waals surface area contributed by atoms with Crippen molar-refractivity contribution in [3.8, 4) is 0 Å². The monoisotopic (exact) mass is 410 g/mol. The molecule has 4 rings (SSSR count). The summed E-state index contributed by atoms with van der Waals surface area (Å²) in [6.07, 6.45) is 4.11. The zero-order valence-electron chi connectivity index (χ0n) is 16.6. The Bertz CT molecular complexity index is 1080. The van der Waals surface area contributed by atoms with Crippen molar-refractivity contribution < 1.29 is 14.0 Å². The molecule has 0 aliphatic carbocycles. The number of carbonyl (C=O) groups is 2. The molecule has 1 fully saturated rings. The van der Waals surface area contributed by atoms with E-state index in [0.29, 0.717) is 30.9 Å². The molecule has 1 unspecified atom stereocenters. The zero-order chi connectivity index (χ0) is 21.1. The van der Waals surface area contributed by atoms with Crippen molar-refractivity contribution in [2.45, 2.75) is 25.9 Å². The molecule has 1 saturated heterocycles. The first-order valence-corrected chi connectivity index (χ1v) is 9.82. The lowest BCUT2D eigenvalue weighted by Crippen LogP contribution is -2.41. The number of piperidine rings is 1. The van der Waals surface area contributed by atoms with Crippen molar-refractivity contribution in [3.63, 3.8) is 0 Å². The van der Waals surface area contributed by atoms with E-state index in [9.17, 15) is 14.0 Å². The van der Waals surface area contributed by atoms with Crippen LogP contribution in [-0.4, -0.2) is 44.9 Å². The highest BCUT2D eigenvalue weighted by molar-refractivity contribution is 5.86. The number of hydrogen-bond acceptors (Lipinski definition) is 5.